The SMILES string of the molecule is CCCC(C)OCC(COC(C)(C)C)(COC(C)(C)C)NC(C)C. The second kappa shape index (κ2) is 10.1. The van der Waals surface area contributed by atoms with Gasteiger partial charge >= 0.3 is 0 Å². The van der Waals surface area contributed by atoms with Crippen LogP contribution in [0.1, 0.15) is 82.1 Å². The fourth-order valence-corrected chi connectivity index (χ4v) is 2.36. The molecule has 4 nitrogen and oxygen atoms in total. The Hall–Kier alpha value is -0.160. The lowest BCUT2D eigenvalue weighted by Gasteiger charge is -2.40. The molecule has 146 valence electrons. The van der Waals surface area contributed by atoms with Gasteiger partial charge in [0.05, 0.1) is 42.7 Å². The number of rotatable bonds is 11. The zero-order valence-corrected chi connectivity index (χ0v) is 17.9. The highest BCUT2D eigenvalue weighted by molar-refractivity contribution is 4.91. The molecule has 0 aliphatic carbocycles. The van der Waals surface area contributed by atoms with Crippen LogP contribution in [0.15, 0.2) is 0 Å². The van der Waals surface area contributed by atoms with Crippen LogP contribution in [0.5, 0.6) is 0 Å². The summed E-state index contributed by atoms with van der Waals surface area (Å²) in [6.45, 7) is 22.8. The maximum absolute atomic E-state index is 6.16. The molecule has 0 saturated heterocycles. The summed E-state index contributed by atoms with van der Waals surface area (Å²) in [6, 6.07) is 0.321. The summed E-state index contributed by atoms with van der Waals surface area (Å²) in [7, 11) is 0. The van der Waals surface area contributed by atoms with Crippen LogP contribution in [0.25, 0.3) is 0 Å². The third-order valence-electron chi connectivity index (χ3n) is 3.50. The van der Waals surface area contributed by atoms with E-state index >= 15 is 0 Å². The van der Waals surface area contributed by atoms with E-state index in [-0.39, 0.29) is 22.8 Å². The molecule has 1 N–H and O–H groups in total. The minimum atomic E-state index is -0.350. The molecule has 24 heavy (non-hydrogen) atoms. The van der Waals surface area contributed by atoms with Gasteiger partial charge in [0.15, 0.2) is 0 Å². The van der Waals surface area contributed by atoms with Gasteiger partial charge in [-0.25, -0.2) is 0 Å². The average Bonchev–Trinajstić information content (AvgIpc) is 2.38. The van der Waals surface area contributed by atoms with E-state index in [1.807, 2.05) is 0 Å². The van der Waals surface area contributed by atoms with Gasteiger partial charge < -0.3 is 19.5 Å². The normalized spacial score (nSPS) is 15.1. The maximum atomic E-state index is 6.16. The molecule has 0 aliphatic rings. The molecule has 0 heterocycles. The van der Waals surface area contributed by atoms with E-state index in [2.05, 4.69) is 74.6 Å². The van der Waals surface area contributed by atoms with Gasteiger partial charge in [0.25, 0.3) is 0 Å². The largest absolute Gasteiger partial charge is 0.376 e. The zero-order valence-electron chi connectivity index (χ0n) is 17.9. The third-order valence-corrected chi connectivity index (χ3v) is 3.50. The topological polar surface area (TPSA) is 39.7 Å². The summed E-state index contributed by atoms with van der Waals surface area (Å²) in [6.07, 6.45) is 2.44. The van der Waals surface area contributed by atoms with Crippen molar-refractivity contribution in [3.8, 4) is 0 Å². The monoisotopic (exact) mass is 345 g/mol. The minimum absolute atomic E-state index is 0.194. The quantitative estimate of drug-likeness (QED) is 0.596. The molecule has 0 aliphatic heterocycles. The summed E-state index contributed by atoms with van der Waals surface area (Å²) in [4.78, 5) is 0. The van der Waals surface area contributed by atoms with Crippen LogP contribution in [-0.4, -0.2) is 48.7 Å². The first-order valence-electron chi connectivity index (χ1n) is 9.46. The van der Waals surface area contributed by atoms with Crippen LogP contribution in [0, 0.1) is 0 Å². The number of hydrogen-bond acceptors (Lipinski definition) is 4. The summed E-state index contributed by atoms with van der Waals surface area (Å²) in [5.41, 5.74) is -0.738. The van der Waals surface area contributed by atoms with Crippen LogP contribution >= 0.6 is 0 Å². The molecule has 0 bridgehead atoms. The summed E-state index contributed by atoms with van der Waals surface area (Å²) in [5, 5.41) is 3.66. The molecule has 0 radical (unpaired) electrons. The molecule has 1 atom stereocenters. The fourth-order valence-electron chi connectivity index (χ4n) is 2.36. The first-order valence-corrected chi connectivity index (χ1v) is 9.46. The van der Waals surface area contributed by atoms with Crippen molar-refractivity contribution in [2.75, 3.05) is 19.8 Å². The highest BCUT2D eigenvalue weighted by Gasteiger charge is 2.35. The van der Waals surface area contributed by atoms with Crippen molar-refractivity contribution >= 4 is 0 Å². The second-order valence-corrected chi connectivity index (χ2v) is 9.29. The Morgan fingerprint density at radius 2 is 1.25 bits per heavy atom. The lowest BCUT2D eigenvalue weighted by Crippen LogP contribution is -2.60. The molecule has 0 rings (SSSR count). The summed E-state index contributed by atoms with van der Waals surface area (Å²) >= 11 is 0. The molecule has 0 amide bonds. The van der Waals surface area contributed by atoms with E-state index in [1.165, 1.54) is 0 Å². The van der Waals surface area contributed by atoms with Crippen LogP contribution in [-0.2, 0) is 14.2 Å². The van der Waals surface area contributed by atoms with Gasteiger partial charge in [0, 0.05) is 6.04 Å². The highest BCUT2D eigenvalue weighted by atomic mass is 16.5. The first kappa shape index (κ1) is 23.8. The first-order chi connectivity index (χ1) is 10.8. The molecule has 0 aromatic carbocycles. The Balaban J connectivity index is 5.16. The average molecular weight is 346 g/mol. The Kier molecular flexibility index (Phi) is 10.0. The van der Waals surface area contributed by atoms with E-state index in [0.29, 0.717) is 25.9 Å². The molecule has 1 unspecified atom stereocenters. The van der Waals surface area contributed by atoms with Gasteiger partial charge in [0.2, 0.25) is 0 Å². The Morgan fingerprint density at radius 1 is 0.792 bits per heavy atom. The van der Waals surface area contributed by atoms with Crippen LogP contribution in [0.2, 0.25) is 0 Å². The smallest absolute Gasteiger partial charge is 0.0892 e. The molecule has 0 saturated carbocycles. The van der Waals surface area contributed by atoms with E-state index < -0.39 is 0 Å². The van der Waals surface area contributed by atoms with E-state index in [9.17, 15) is 0 Å². The predicted octanol–water partition coefficient (Wildman–Crippen LogP) is 4.56. The summed E-state index contributed by atoms with van der Waals surface area (Å²) < 4.78 is 18.4. The Morgan fingerprint density at radius 3 is 1.58 bits per heavy atom. The number of hydrogen-bond donors (Lipinski definition) is 1. The standard InChI is InChI=1S/C20H43NO3/c1-11-12-17(4)22-13-20(21-16(2)3,14-23-18(5,6)7)15-24-19(8,9)10/h16-17,21H,11-15H2,1-10H3. The van der Waals surface area contributed by atoms with Crippen molar-refractivity contribution in [1.29, 1.82) is 0 Å². The summed E-state index contributed by atoms with van der Waals surface area (Å²) in [5.74, 6) is 0. The van der Waals surface area contributed by atoms with Gasteiger partial charge in [-0.2, -0.15) is 0 Å². The van der Waals surface area contributed by atoms with Gasteiger partial charge in [0.1, 0.15) is 0 Å². The van der Waals surface area contributed by atoms with Crippen LogP contribution in [0.4, 0.5) is 0 Å². The molecule has 0 aromatic heterocycles. The lowest BCUT2D eigenvalue weighted by atomic mass is 10.00. The van der Waals surface area contributed by atoms with Crippen molar-refractivity contribution in [3.63, 3.8) is 0 Å². The van der Waals surface area contributed by atoms with Gasteiger partial charge in [-0.1, -0.05) is 27.2 Å². The molecular formula is C20H43NO3. The van der Waals surface area contributed by atoms with Crippen LogP contribution in [0.3, 0.4) is 0 Å². The van der Waals surface area contributed by atoms with E-state index in [4.69, 9.17) is 14.2 Å². The molecule has 0 aromatic rings. The second-order valence-electron chi connectivity index (χ2n) is 9.29. The predicted molar refractivity (Wildman–Crippen MR) is 103 cm³/mol. The Bertz CT molecular complexity index is 311. The molecule has 4 heteroatoms. The van der Waals surface area contributed by atoms with Crippen molar-refractivity contribution in [3.05, 3.63) is 0 Å². The van der Waals surface area contributed by atoms with E-state index in [1.54, 1.807) is 0 Å². The highest BCUT2D eigenvalue weighted by Crippen LogP contribution is 2.19. The van der Waals surface area contributed by atoms with Crippen LogP contribution < -0.4 is 5.32 Å². The fraction of sp³-hybridized carbons (Fsp3) is 1.00. The lowest BCUT2D eigenvalue weighted by molar-refractivity contribution is -0.116. The number of ether oxygens (including phenoxy) is 3. The van der Waals surface area contributed by atoms with Gasteiger partial charge in [-0.3, -0.25) is 0 Å². The van der Waals surface area contributed by atoms with Gasteiger partial charge in [-0.05, 0) is 54.9 Å². The minimum Gasteiger partial charge on any atom is -0.376 e. The molecule has 0 fully saturated rings. The van der Waals surface area contributed by atoms with Gasteiger partial charge in [-0.15, -0.1) is 0 Å². The Labute approximate surface area is 151 Å². The van der Waals surface area contributed by atoms with Crippen molar-refractivity contribution in [2.45, 2.75) is 111 Å². The number of nitrogens with one attached hydrogen (secondary N) is 1. The third kappa shape index (κ3) is 12.2. The van der Waals surface area contributed by atoms with Crippen molar-refractivity contribution in [2.24, 2.45) is 0 Å². The maximum Gasteiger partial charge on any atom is 0.0892 e. The zero-order chi connectivity index (χ0) is 19.0. The van der Waals surface area contributed by atoms with Crippen molar-refractivity contribution < 1.29 is 14.2 Å². The molecule has 0 spiro atoms. The molecular weight excluding hydrogens is 302 g/mol. The van der Waals surface area contributed by atoms with E-state index in [0.717, 1.165) is 12.8 Å². The van der Waals surface area contributed by atoms with Crippen molar-refractivity contribution in [1.82, 2.24) is 5.32 Å².